The Labute approximate surface area is 135 Å². The lowest BCUT2D eigenvalue weighted by molar-refractivity contribution is -0.106. The van der Waals surface area contributed by atoms with Crippen LogP contribution in [0.15, 0.2) is 54.9 Å². The maximum absolute atomic E-state index is 12.4. The van der Waals surface area contributed by atoms with Crippen molar-refractivity contribution in [3.63, 3.8) is 0 Å². The largest absolute Gasteiger partial charge is 0.304 e. The molecule has 1 heterocycles. The molecule has 0 aliphatic heterocycles. The summed E-state index contributed by atoms with van der Waals surface area (Å²) in [7, 11) is 0. The third-order valence-electron chi connectivity index (χ3n) is 1.86. The van der Waals surface area contributed by atoms with E-state index in [9.17, 15) is 4.39 Å². The lowest BCUT2D eigenvalue weighted by atomic mass is 10.2. The van der Waals surface area contributed by atoms with E-state index in [4.69, 9.17) is 4.79 Å². The second kappa shape index (κ2) is 24.0. The predicted molar refractivity (Wildman–Crippen MR) is 94.4 cm³/mol. The molecule has 22 heavy (non-hydrogen) atoms. The molecule has 0 N–H and O–H groups in total. The number of pyridine rings is 1. The fourth-order valence-electron chi connectivity index (χ4n) is 1.07. The van der Waals surface area contributed by atoms with Crippen molar-refractivity contribution >= 4 is 6.29 Å². The van der Waals surface area contributed by atoms with E-state index in [1.165, 1.54) is 13.0 Å². The van der Waals surface area contributed by atoms with Crippen LogP contribution in [-0.4, -0.2) is 11.3 Å². The van der Waals surface area contributed by atoms with Gasteiger partial charge in [-0.15, -0.1) is 0 Å². The lowest BCUT2D eigenvalue weighted by Crippen LogP contribution is -1.79. The van der Waals surface area contributed by atoms with Crippen LogP contribution in [0.2, 0.25) is 0 Å². The highest BCUT2D eigenvalue weighted by Gasteiger charge is 1.88. The number of carbonyl (C=O) groups is 1. The highest BCUT2D eigenvalue weighted by atomic mass is 19.1. The Morgan fingerprint density at radius 2 is 1.50 bits per heavy atom. The van der Waals surface area contributed by atoms with Gasteiger partial charge in [0.15, 0.2) is 0 Å². The monoisotopic (exact) mass is 307 g/mol. The summed E-state index contributed by atoms with van der Waals surface area (Å²) in [6, 6.07) is 12.4. The molecule has 2 aromatic rings. The maximum Gasteiger partial charge on any atom is 0.123 e. The zero-order valence-corrected chi connectivity index (χ0v) is 14.7. The SMILES string of the molecule is CC.CC.CC=O.CCc1cccc(F)c1.c1ccncc1. The Bertz CT molecular complexity index is 392. The molecule has 0 bridgehead atoms. The molecule has 0 spiro atoms. The van der Waals surface area contributed by atoms with Crippen molar-refractivity contribution in [2.24, 2.45) is 0 Å². The number of carbonyl (C=O) groups excluding carboxylic acids is 1. The van der Waals surface area contributed by atoms with Crippen molar-refractivity contribution in [1.29, 1.82) is 0 Å². The van der Waals surface area contributed by atoms with Gasteiger partial charge in [-0.2, -0.15) is 0 Å². The summed E-state index contributed by atoms with van der Waals surface area (Å²) in [5.41, 5.74) is 1.05. The summed E-state index contributed by atoms with van der Waals surface area (Å²) in [4.78, 5) is 12.6. The molecule has 0 fully saturated rings. The van der Waals surface area contributed by atoms with Gasteiger partial charge in [-0.3, -0.25) is 4.98 Å². The van der Waals surface area contributed by atoms with E-state index in [2.05, 4.69) is 4.98 Å². The van der Waals surface area contributed by atoms with E-state index in [1.807, 2.05) is 58.9 Å². The smallest absolute Gasteiger partial charge is 0.123 e. The Morgan fingerprint density at radius 1 is 1.00 bits per heavy atom. The topological polar surface area (TPSA) is 30.0 Å². The maximum atomic E-state index is 12.4. The molecule has 2 nitrogen and oxygen atoms in total. The Morgan fingerprint density at radius 3 is 1.73 bits per heavy atom. The van der Waals surface area contributed by atoms with Crippen LogP contribution >= 0.6 is 0 Å². The van der Waals surface area contributed by atoms with Crippen LogP contribution in [0.1, 0.15) is 47.1 Å². The standard InChI is InChI=1S/C8H9F.C5H5N.C2H4O.2C2H6/c1-2-7-4-3-5-8(9)6-7;1-2-4-6-5-3-1;1-2-3;2*1-2/h3-6H,2H2,1H3;1-5H;2H,1H3;2*1-2H3. The van der Waals surface area contributed by atoms with Gasteiger partial charge in [0.2, 0.25) is 0 Å². The van der Waals surface area contributed by atoms with Gasteiger partial charge >= 0.3 is 0 Å². The minimum Gasteiger partial charge on any atom is -0.304 e. The molecule has 0 saturated carbocycles. The van der Waals surface area contributed by atoms with E-state index in [1.54, 1.807) is 24.5 Å². The molecule has 1 aromatic carbocycles. The fraction of sp³-hybridized carbons (Fsp3) is 0.368. The van der Waals surface area contributed by atoms with E-state index in [0.29, 0.717) is 0 Å². The molecule has 1 aromatic heterocycles. The van der Waals surface area contributed by atoms with Crippen molar-refractivity contribution in [1.82, 2.24) is 4.98 Å². The average Bonchev–Trinajstić information content (AvgIpc) is 2.61. The number of aromatic nitrogens is 1. The number of aryl methyl sites for hydroxylation is 1. The van der Waals surface area contributed by atoms with Crippen molar-refractivity contribution in [3.8, 4) is 0 Å². The first-order valence-corrected chi connectivity index (χ1v) is 7.73. The van der Waals surface area contributed by atoms with Gasteiger partial charge in [-0.05, 0) is 43.2 Å². The summed E-state index contributed by atoms with van der Waals surface area (Å²) in [5, 5.41) is 0. The molecular weight excluding hydrogens is 277 g/mol. The highest BCUT2D eigenvalue weighted by Crippen LogP contribution is 2.02. The molecule has 0 saturated heterocycles. The van der Waals surface area contributed by atoms with Crippen molar-refractivity contribution < 1.29 is 9.18 Å². The number of hydrogen-bond donors (Lipinski definition) is 0. The molecular formula is C19H30FNO. The van der Waals surface area contributed by atoms with Gasteiger partial charge in [-0.25, -0.2) is 4.39 Å². The quantitative estimate of drug-likeness (QED) is 0.630. The molecule has 3 heteroatoms. The number of rotatable bonds is 1. The minimum absolute atomic E-state index is 0.144. The van der Waals surface area contributed by atoms with Gasteiger partial charge in [0, 0.05) is 12.4 Å². The van der Waals surface area contributed by atoms with Crippen LogP contribution in [0, 0.1) is 5.82 Å². The summed E-state index contributed by atoms with van der Waals surface area (Å²) < 4.78 is 12.4. The van der Waals surface area contributed by atoms with Gasteiger partial charge in [0.1, 0.15) is 12.1 Å². The summed E-state index contributed by atoms with van der Waals surface area (Å²) >= 11 is 0. The summed E-state index contributed by atoms with van der Waals surface area (Å²) in [6.45, 7) is 11.5. The zero-order valence-electron chi connectivity index (χ0n) is 14.7. The highest BCUT2D eigenvalue weighted by molar-refractivity contribution is 5.44. The second-order valence-electron chi connectivity index (χ2n) is 3.24. The minimum atomic E-state index is -0.144. The van der Waals surface area contributed by atoms with E-state index in [0.717, 1.165) is 18.3 Å². The van der Waals surface area contributed by atoms with Crippen molar-refractivity contribution in [2.45, 2.75) is 48.0 Å². The first kappa shape index (κ1) is 25.0. The lowest BCUT2D eigenvalue weighted by Gasteiger charge is -1.92. The van der Waals surface area contributed by atoms with Crippen LogP contribution in [0.25, 0.3) is 0 Å². The number of aldehydes is 1. The van der Waals surface area contributed by atoms with Crippen LogP contribution in [0.4, 0.5) is 4.39 Å². The Hall–Kier alpha value is -2.03. The molecule has 0 amide bonds. The van der Waals surface area contributed by atoms with E-state index >= 15 is 0 Å². The third kappa shape index (κ3) is 20.3. The number of hydrogen-bond acceptors (Lipinski definition) is 2. The summed E-state index contributed by atoms with van der Waals surface area (Å²) in [5.74, 6) is -0.144. The summed E-state index contributed by atoms with van der Waals surface area (Å²) in [6.07, 6.45) is 5.15. The average molecular weight is 307 g/mol. The molecule has 124 valence electrons. The molecule has 0 atom stereocenters. The molecule has 2 rings (SSSR count). The normalized spacial score (nSPS) is 7.23. The predicted octanol–water partition coefficient (Wildman–Crippen LogP) is 5.73. The zero-order chi connectivity index (χ0) is 17.6. The number of halogens is 1. The first-order valence-electron chi connectivity index (χ1n) is 7.73. The molecule has 0 aliphatic rings. The van der Waals surface area contributed by atoms with Crippen LogP contribution in [0.3, 0.4) is 0 Å². The van der Waals surface area contributed by atoms with Crippen LogP contribution in [-0.2, 0) is 11.2 Å². The van der Waals surface area contributed by atoms with Gasteiger partial charge in [0.05, 0.1) is 0 Å². The van der Waals surface area contributed by atoms with Crippen molar-refractivity contribution in [3.05, 3.63) is 66.2 Å². The Balaban J connectivity index is -0.000000242. The van der Waals surface area contributed by atoms with E-state index < -0.39 is 0 Å². The molecule has 0 radical (unpaired) electrons. The van der Waals surface area contributed by atoms with Gasteiger partial charge in [-0.1, -0.05) is 52.8 Å². The van der Waals surface area contributed by atoms with Crippen molar-refractivity contribution in [2.75, 3.05) is 0 Å². The molecule has 0 aliphatic carbocycles. The number of benzene rings is 1. The Kier molecular flexibility index (Phi) is 27.2. The fourth-order valence-corrected chi connectivity index (χ4v) is 1.07. The van der Waals surface area contributed by atoms with Gasteiger partial charge in [0.25, 0.3) is 0 Å². The second-order valence-corrected chi connectivity index (χ2v) is 3.24. The third-order valence-corrected chi connectivity index (χ3v) is 1.86. The van der Waals surface area contributed by atoms with Crippen LogP contribution in [0.5, 0.6) is 0 Å². The van der Waals surface area contributed by atoms with Gasteiger partial charge < -0.3 is 4.79 Å². The number of nitrogens with zero attached hydrogens (tertiary/aromatic N) is 1. The molecule has 0 unspecified atom stereocenters. The van der Waals surface area contributed by atoms with Crippen LogP contribution < -0.4 is 0 Å². The first-order chi connectivity index (χ1) is 10.7. The van der Waals surface area contributed by atoms with E-state index in [-0.39, 0.29) is 5.82 Å².